The van der Waals surface area contributed by atoms with Crippen LogP contribution in [0.15, 0.2) is 18.2 Å². The van der Waals surface area contributed by atoms with Gasteiger partial charge in [0.15, 0.2) is 0 Å². The van der Waals surface area contributed by atoms with Crippen LogP contribution in [0.25, 0.3) is 0 Å². The average Bonchev–Trinajstić information content (AvgIpc) is 2.88. The maximum atomic E-state index is 11.1. The van der Waals surface area contributed by atoms with Crippen molar-refractivity contribution in [2.24, 2.45) is 11.8 Å². The average molecular weight is 313 g/mol. The summed E-state index contributed by atoms with van der Waals surface area (Å²) in [5.41, 5.74) is 0.422. The van der Waals surface area contributed by atoms with Gasteiger partial charge in [-0.25, -0.2) is 0 Å². The number of nitro benzene ring substituents is 1. The van der Waals surface area contributed by atoms with Gasteiger partial charge in [-0.05, 0) is 31.4 Å². The van der Waals surface area contributed by atoms with Gasteiger partial charge < -0.3 is 10.4 Å². The van der Waals surface area contributed by atoms with Gasteiger partial charge in [-0.2, -0.15) is 0 Å². The van der Waals surface area contributed by atoms with E-state index in [0.717, 1.165) is 12.8 Å². The van der Waals surface area contributed by atoms with Crippen LogP contribution < -0.4 is 5.32 Å². The number of nitrogens with zero attached hydrogens (tertiary/aromatic N) is 1. The van der Waals surface area contributed by atoms with Crippen molar-refractivity contribution >= 4 is 23.3 Å². The number of rotatable bonds is 6. The maximum absolute atomic E-state index is 11.1. The van der Waals surface area contributed by atoms with Crippen molar-refractivity contribution in [3.63, 3.8) is 0 Å². The Morgan fingerprint density at radius 2 is 2.24 bits per heavy atom. The molecule has 1 aliphatic carbocycles. The molecule has 21 heavy (non-hydrogen) atoms. The molecule has 1 aliphatic rings. The molecule has 2 atom stereocenters. The molecule has 2 unspecified atom stereocenters. The van der Waals surface area contributed by atoms with Crippen LogP contribution in [0.3, 0.4) is 0 Å². The van der Waals surface area contributed by atoms with E-state index in [1.807, 2.05) is 0 Å². The van der Waals surface area contributed by atoms with E-state index >= 15 is 0 Å². The van der Waals surface area contributed by atoms with Crippen LogP contribution in [0, 0.1) is 22.0 Å². The first-order valence-corrected chi connectivity index (χ1v) is 7.23. The fraction of sp³-hybridized carbons (Fsp3) is 0.500. The second kappa shape index (κ2) is 6.87. The molecule has 114 valence electrons. The third kappa shape index (κ3) is 3.71. The number of hydrogen-bond acceptors (Lipinski definition) is 4. The number of aliphatic carboxylic acids is 1. The van der Waals surface area contributed by atoms with Crippen molar-refractivity contribution in [2.45, 2.75) is 25.8 Å². The quantitative estimate of drug-likeness (QED) is 0.622. The number of carbonyl (C=O) groups is 1. The number of nitrogens with one attached hydrogen (secondary N) is 1. The van der Waals surface area contributed by atoms with Crippen LogP contribution in [0.5, 0.6) is 0 Å². The van der Waals surface area contributed by atoms with Crippen molar-refractivity contribution in [3.05, 3.63) is 38.9 Å². The molecule has 1 aromatic carbocycles. The monoisotopic (exact) mass is 312 g/mol. The third-order valence-corrected chi connectivity index (χ3v) is 4.33. The van der Waals surface area contributed by atoms with Gasteiger partial charge in [-0.1, -0.05) is 24.1 Å². The summed E-state index contributed by atoms with van der Waals surface area (Å²) in [5.74, 6) is -1.01. The lowest BCUT2D eigenvalue weighted by Gasteiger charge is -2.16. The van der Waals surface area contributed by atoms with Gasteiger partial charge >= 0.3 is 5.97 Å². The Bertz CT molecular complexity index is 550. The predicted octanol–water partition coefficient (Wildman–Crippen LogP) is 2.84. The van der Waals surface area contributed by atoms with Gasteiger partial charge in [0.05, 0.1) is 21.4 Å². The van der Waals surface area contributed by atoms with Crippen LogP contribution in [0.2, 0.25) is 5.02 Å². The van der Waals surface area contributed by atoms with E-state index in [9.17, 15) is 14.9 Å². The second-order valence-electron chi connectivity index (χ2n) is 5.26. The third-order valence-electron chi connectivity index (χ3n) is 3.98. The molecule has 1 saturated carbocycles. The highest BCUT2D eigenvalue weighted by atomic mass is 35.5. The summed E-state index contributed by atoms with van der Waals surface area (Å²) in [7, 11) is 0. The number of carboxylic acid groups (broad SMARTS) is 1. The Hall–Kier alpha value is -1.66. The fourth-order valence-electron chi connectivity index (χ4n) is 2.88. The van der Waals surface area contributed by atoms with Crippen molar-refractivity contribution in [1.82, 2.24) is 5.32 Å². The first-order valence-electron chi connectivity index (χ1n) is 6.86. The molecule has 0 aliphatic heterocycles. The molecule has 0 radical (unpaired) electrons. The smallest absolute Gasteiger partial charge is 0.306 e. The van der Waals surface area contributed by atoms with Crippen LogP contribution in [0.1, 0.15) is 24.8 Å². The number of nitro groups is 1. The normalized spacial score (nSPS) is 21.4. The number of hydrogen-bond donors (Lipinski definition) is 2. The summed E-state index contributed by atoms with van der Waals surface area (Å²) < 4.78 is 0. The minimum absolute atomic E-state index is 0.0174. The molecule has 6 nitrogen and oxygen atoms in total. The number of benzene rings is 1. The molecule has 0 amide bonds. The number of halogens is 1. The van der Waals surface area contributed by atoms with Gasteiger partial charge in [-0.15, -0.1) is 0 Å². The molecule has 1 fully saturated rings. The van der Waals surface area contributed by atoms with E-state index in [2.05, 4.69) is 5.32 Å². The van der Waals surface area contributed by atoms with E-state index in [0.29, 0.717) is 23.6 Å². The van der Waals surface area contributed by atoms with E-state index in [4.69, 9.17) is 16.7 Å². The van der Waals surface area contributed by atoms with Crippen molar-refractivity contribution < 1.29 is 14.8 Å². The predicted molar refractivity (Wildman–Crippen MR) is 78.3 cm³/mol. The van der Waals surface area contributed by atoms with Crippen LogP contribution >= 0.6 is 11.6 Å². The van der Waals surface area contributed by atoms with Crippen molar-refractivity contribution in [1.29, 1.82) is 0 Å². The Balaban J connectivity index is 1.98. The highest BCUT2D eigenvalue weighted by Crippen LogP contribution is 2.32. The zero-order valence-electron chi connectivity index (χ0n) is 11.4. The first-order chi connectivity index (χ1) is 10.0. The molecule has 2 N–H and O–H groups in total. The van der Waals surface area contributed by atoms with Gasteiger partial charge in [0.25, 0.3) is 5.69 Å². The molecule has 0 saturated heterocycles. The first kappa shape index (κ1) is 15.7. The Morgan fingerprint density at radius 1 is 1.48 bits per heavy atom. The van der Waals surface area contributed by atoms with E-state index in [1.54, 1.807) is 12.1 Å². The Kier molecular flexibility index (Phi) is 5.14. The molecule has 1 aromatic rings. The van der Waals surface area contributed by atoms with Crippen LogP contribution in [0.4, 0.5) is 5.69 Å². The lowest BCUT2D eigenvalue weighted by atomic mass is 9.96. The fourth-order valence-corrected chi connectivity index (χ4v) is 3.12. The highest BCUT2D eigenvalue weighted by molar-refractivity contribution is 6.31. The number of carboxylic acids is 1. The van der Waals surface area contributed by atoms with E-state index < -0.39 is 10.9 Å². The molecule has 0 spiro atoms. The maximum Gasteiger partial charge on any atom is 0.306 e. The molecule has 0 aromatic heterocycles. The topological polar surface area (TPSA) is 92.5 Å². The molecule has 7 heteroatoms. The molecule has 0 bridgehead atoms. The molecular formula is C14H17ClN2O4. The zero-order valence-corrected chi connectivity index (χ0v) is 12.2. The highest BCUT2D eigenvalue weighted by Gasteiger charge is 2.32. The Labute approximate surface area is 127 Å². The van der Waals surface area contributed by atoms with Crippen LogP contribution in [-0.2, 0) is 11.3 Å². The molecule has 2 rings (SSSR count). The summed E-state index contributed by atoms with van der Waals surface area (Å²) >= 11 is 6.01. The largest absolute Gasteiger partial charge is 0.481 e. The van der Waals surface area contributed by atoms with Gasteiger partial charge in [0, 0.05) is 12.6 Å². The van der Waals surface area contributed by atoms with E-state index in [1.165, 1.54) is 6.07 Å². The van der Waals surface area contributed by atoms with Crippen molar-refractivity contribution in [3.8, 4) is 0 Å². The minimum atomic E-state index is -0.761. The van der Waals surface area contributed by atoms with Crippen LogP contribution in [-0.4, -0.2) is 22.5 Å². The second-order valence-corrected chi connectivity index (χ2v) is 5.67. The van der Waals surface area contributed by atoms with Gasteiger partial charge in [0.2, 0.25) is 0 Å². The van der Waals surface area contributed by atoms with E-state index in [-0.39, 0.29) is 24.1 Å². The molecule has 0 heterocycles. The zero-order chi connectivity index (χ0) is 15.4. The lowest BCUT2D eigenvalue weighted by molar-refractivity contribution is -0.385. The Morgan fingerprint density at radius 3 is 2.90 bits per heavy atom. The summed E-state index contributed by atoms with van der Waals surface area (Å²) in [5, 5.41) is 23.6. The standard InChI is InChI=1S/C14H17ClN2O4/c15-12-5-2-6-13(17(20)21)11(12)8-16-7-9-3-1-4-10(9)14(18)19/h2,5-6,9-10,16H,1,3-4,7-8H2,(H,18,19). The SMILES string of the molecule is O=C(O)C1CCCC1CNCc1c(Cl)cccc1[N+](=O)[O-]. The summed E-state index contributed by atoms with van der Waals surface area (Å²) in [6.45, 7) is 0.790. The lowest BCUT2D eigenvalue weighted by Crippen LogP contribution is -2.29. The van der Waals surface area contributed by atoms with Gasteiger partial charge in [0.1, 0.15) is 0 Å². The minimum Gasteiger partial charge on any atom is -0.481 e. The van der Waals surface area contributed by atoms with Crippen molar-refractivity contribution in [2.75, 3.05) is 6.54 Å². The summed E-state index contributed by atoms with van der Waals surface area (Å²) in [6.07, 6.45) is 2.48. The summed E-state index contributed by atoms with van der Waals surface area (Å²) in [4.78, 5) is 21.6. The molecular weight excluding hydrogens is 296 g/mol. The van der Waals surface area contributed by atoms with Gasteiger partial charge in [-0.3, -0.25) is 14.9 Å². The summed E-state index contributed by atoms with van der Waals surface area (Å²) in [6, 6.07) is 4.57.